The Bertz CT molecular complexity index is 1080. The molecule has 12 heteroatoms. The highest BCUT2D eigenvalue weighted by atomic mass is 79.9. The minimum atomic E-state index is -2.75. The second-order valence-corrected chi connectivity index (χ2v) is 7.01. The third-order valence-corrected chi connectivity index (χ3v) is 4.32. The topological polar surface area (TPSA) is 109 Å². The first-order chi connectivity index (χ1) is 14.8. The number of amides is 1. The molecule has 0 fully saturated rings. The Kier molecular flexibility index (Phi) is 7.13. The molecule has 0 spiro atoms. The van der Waals surface area contributed by atoms with Gasteiger partial charge in [-0.25, -0.2) is 13.5 Å². The van der Waals surface area contributed by atoms with Crippen molar-refractivity contribution in [1.82, 2.24) is 9.78 Å². The minimum absolute atomic E-state index is 0.00382. The number of carbonyl (C=O) groups is 1. The second kappa shape index (κ2) is 9.98. The van der Waals surface area contributed by atoms with Gasteiger partial charge < -0.3 is 14.8 Å². The van der Waals surface area contributed by atoms with Crippen molar-refractivity contribution in [3.05, 3.63) is 75.0 Å². The molecule has 0 aliphatic carbocycles. The molecule has 1 amide bonds. The standard InChI is InChI=1S/C19H15BrF2N4O5/c20-12-1-3-15(4-2-12)31-11-25-6-5-17(24-25)19(27)23-13-7-14(26(28)29)9-16(8-13)30-10-18(21)22/h1-9,18H,10-11H2,(H,23,27). The summed E-state index contributed by atoms with van der Waals surface area (Å²) in [6, 6.07) is 11.9. The predicted octanol–water partition coefficient (Wildman–Crippen LogP) is 4.49. The lowest BCUT2D eigenvalue weighted by Crippen LogP contribution is -2.15. The van der Waals surface area contributed by atoms with Crippen molar-refractivity contribution in [3.8, 4) is 11.5 Å². The Morgan fingerprint density at radius 2 is 1.90 bits per heavy atom. The van der Waals surface area contributed by atoms with Gasteiger partial charge in [0.15, 0.2) is 12.4 Å². The number of halogens is 3. The molecule has 1 aromatic heterocycles. The molecule has 31 heavy (non-hydrogen) atoms. The number of carbonyl (C=O) groups excluding carboxylic acids is 1. The summed E-state index contributed by atoms with van der Waals surface area (Å²) < 4.78 is 37.4. The molecule has 2 aromatic carbocycles. The van der Waals surface area contributed by atoms with E-state index in [0.717, 1.165) is 16.6 Å². The molecule has 1 N–H and O–H groups in total. The second-order valence-electron chi connectivity index (χ2n) is 6.10. The highest BCUT2D eigenvalue weighted by Crippen LogP contribution is 2.26. The van der Waals surface area contributed by atoms with Gasteiger partial charge in [0.05, 0.1) is 16.7 Å². The zero-order chi connectivity index (χ0) is 22.4. The van der Waals surface area contributed by atoms with Crippen LogP contribution in [0, 0.1) is 10.1 Å². The molecule has 0 radical (unpaired) electrons. The maximum absolute atomic E-state index is 12.4. The molecule has 0 saturated heterocycles. The molecular weight excluding hydrogens is 482 g/mol. The number of nitro benzene ring substituents is 1. The van der Waals surface area contributed by atoms with Gasteiger partial charge in [-0.1, -0.05) is 15.9 Å². The first kappa shape index (κ1) is 22.2. The first-order valence-electron chi connectivity index (χ1n) is 8.74. The average Bonchev–Trinajstić information content (AvgIpc) is 3.21. The summed E-state index contributed by atoms with van der Waals surface area (Å²) in [4.78, 5) is 22.8. The van der Waals surface area contributed by atoms with Crippen LogP contribution in [0.5, 0.6) is 11.5 Å². The number of nitro groups is 1. The number of aromatic nitrogens is 2. The van der Waals surface area contributed by atoms with Crippen molar-refractivity contribution in [3.63, 3.8) is 0 Å². The lowest BCUT2D eigenvalue weighted by molar-refractivity contribution is -0.384. The van der Waals surface area contributed by atoms with Crippen LogP contribution in [0.25, 0.3) is 0 Å². The van der Waals surface area contributed by atoms with E-state index >= 15 is 0 Å². The number of nitrogens with zero attached hydrogens (tertiary/aromatic N) is 3. The number of hydrogen-bond acceptors (Lipinski definition) is 6. The normalized spacial score (nSPS) is 10.7. The third-order valence-electron chi connectivity index (χ3n) is 3.79. The lowest BCUT2D eigenvalue weighted by atomic mass is 10.2. The van der Waals surface area contributed by atoms with Crippen LogP contribution < -0.4 is 14.8 Å². The molecule has 0 saturated carbocycles. The SMILES string of the molecule is O=C(Nc1cc(OCC(F)F)cc([N+](=O)[O-])c1)c1ccn(COc2ccc(Br)cc2)n1. The van der Waals surface area contributed by atoms with E-state index in [9.17, 15) is 23.7 Å². The fourth-order valence-corrected chi connectivity index (χ4v) is 2.69. The maximum atomic E-state index is 12.4. The van der Waals surface area contributed by atoms with Crippen molar-refractivity contribution in [2.24, 2.45) is 0 Å². The molecule has 0 unspecified atom stereocenters. The quantitative estimate of drug-likeness (QED) is 0.345. The van der Waals surface area contributed by atoms with Gasteiger partial charge in [0.2, 0.25) is 0 Å². The first-order valence-corrected chi connectivity index (χ1v) is 9.53. The van der Waals surface area contributed by atoms with Crippen molar-refractivity contribution < 1.29 is 28.0 Å². The Morgan fingerprint density at radius 1 is 1.16 bits per heavy atom. The largest absolute Gasteiger partial charge is 0.487 e. The van der Waals surface area contributed by atoms with Gasteiger partial charge >= 0.3 is 0 Å². The van der Waals surface area contributed by atoms with Crippen LogP contribution in [0.15, 0.2) is 59.2 Å². The fourth-order valence-electron chi connectivity index (χ4n) is 2.42. The Morgan fingerprint density at radius 3 is 2.58 bits per heavy atom. The average molecular weight is 497 g/mol. The molecule has 162 valence electrons. The van der Waals surface area contributed by atoms with E-state index in [0.29, 0.717) is 5.75 Å². The minimum Gasteiger partial charge on any atom is -0.487 e. The van der Waals surface area contributed by atoms with E-state index in [-0.39, 0.29) is 23.9 Å². The van der Waals surface area contributed by atoms with Crippen LogP contribution in [0.4, 0.5) is 20.2 Å². The number of nitrogens with one attached hydrogen (secondary N) is 1. The number of anilines is 1. The van der Waals surface area contributed by atoms with Gasteiger partial charge in [-0.05, 0) is 30.3 Å². The van der Waals surface area contributed by atoms with Crippen LogP contribution in [0.2, 0.25) is 0 Å². The fraction of sp³-hybridized carbons (Fsp3) is 0.158. The number of hydrogen-bond donors (Lipinski definition) is 1. The molecular formula is C19H15BrF2N4O5. The number of alkyl halides is 2. The number of rotatable bonds is 9. The number of benzene rings is 2. The summed E-state index contributed by atoms with van der Waals surface area (Å²) in [7, 11) is 0. The van der Waals surface area contributed by atoms with Gasteiger partial charge in [0.1, 0.15) is 18.1 Å². The smallest absolute Gasteiger partial charge is 0.276 e. The van der Waals surface area contributed by atoms with Gasteiger partial charge in [0, 0.05) is 22.8 Å². The Hall–Kier alpha value is -3.54. The molecule has 0 bridgehead atoms. The van der Waals surface area contributed by atoms with E-state index in [1.807, 2.05) is 12.1 Å². The summed E-state index contributed by atoms with van der Waals surface area (Å²) in [5.41, 5.74) is -0.388. The van der Waals surface area contributed by atoms with E-state index in [1.54, 1.807) is 12.1 Å². The zero-order valence-electron chi connectivity index (χ0n) is 15.7. The molecule has 0 aliphatic heterocycles. The van der Waals surface area contributed by atoms with E-state index in [2.05, 4.69) is 26.3 Å². The van der Waals surface area contributed by atoms with Crippen molar-refractivity contribution >= 4 is 33.2 Å². The van der Waals surface area contributed by atoms with Crippen LogP contribution in [-0.2, 0) is 6.73 Å². The van der Waals surface area contributed by atoms with Crippen LogP contribution >= 0.6 is 15.9 Å². The molecule has 1 heterocycles. The van der Waals surface area contributed by atoms with Crippen LogP contribution in [0.3, 0.4) is 0 Å². The number of ether oxygens (including phenoxy) is 2. The highest BCUT2D eigenvalue weighted by Gasteiger charge is 2.16. The van der Waals surface area contributed by atoms with Gasteiger partial charge in [0.25, 0.3) is 18.0 Å². The van der Waals surface area contributed by atoms with E-state index in [4.69, 9.17) is 9.47 Å². The van der Waals surface area contributed by atoms with Gasteiger partial charge in [-0.2, -0.15) is 5.10 Å². The Labute approximate surface area is 182 Å². The predicted molar refractivity (Wildman–Crippen MR) is 110 cm³/mol. The molecule has 9 nitrogen and oxygen atoms in total. The third kappa shape index (κ3) is 6.47. The molecule has 3 rings (SSSR count). The summed E-state index contributed by atoms with van der Waals surface area (Å²) in [6.45, 7) is -0.880. The van der Waals surface area contributed by atoms with Crippen molar-refractivity contribution in [2.45, 2.75) is 13.2 Å². The summed E-state index contributed by atoms with van der Waals surface area (Å²) in [5, 5.41) is 17.6. The maximum Gasteiger partial charge on any atom is 0.276 e. The monoisotopic (exact) mass is 496 g/mol. The molecule has 0 aliphatic rings. The van der Waals surface area contributed by atoms with Crippen LogP contribution in [0.1, 0.15) is 10.5 Å². The van der Waals surface area contributed by atoms with Crippen LogP contribution in [-0.4, -0.2) is 33.6 Å². The van der Waals surface area contributed by atoms with E-state index < -0.39 is 29.6 Å². The van der Waals surface area contributed by atoms with Gasteiger partial charge in [-0.15, -0.1) is 0 Å². The number of non-ortho nitro benzene ring substituents is 1. The lowest BCUT2D eigenvalue weighted by Gasteiger charge is -2.09. The molecule has 0 atom stereocenters. The zero-order valence-corrected chi connectivity index (χ0v) is 17.3. The summed E-state index contributed by atoms with van der Waals surface area (Å²) in [6.07, 6.45) is -1.22. The highest BCUT2D eigenvalue weighted by molar-refractivity contribution is 9.10. The Balaban J connectivity index is 1.66. The summed E-state index contributed by atoms with van der Waals surface area (Å²) in [5.74, 6) is -0.210. The van der Waals surface area contributed by atoms with Crippen molar-refractivity contribution in [1.29, 1.82) is 0 Å². The molecule has 3 aromatic rings. The van der Waals surface area contributed by atoms with E-state index in [1.165, 1.54) is 23.0 Å². The van der Waals surface area contributed by atoms with Crippen molar-refractivity contribution in [2.75, 3.05) is 11.9 Å². The van der Waals surface area contributed by atoms with Gasteiger partial charge in [-0.3, -0.25) is 14.9 Å². The summed E-state index contributed by atoms with van der Waals surface area (Å²) >= 11 is 3.32.